The molecule has 2 rings (SSSR count). The minimum absolute atomic E-state index is 0.0548. The number of carbonyl (C=O) groups excluding carboxylic acids is 3. The number of imide groups is 1. The number of carboxylic acid groups (broad SMARTS) is 1. The monoisotopic (exact) mass is 413 g/mol. The van der Waals surface area contributed by atoms with E-state index >= 15 is 0 Å². The molecule has 0 spiro atoms. The van der Waals surface area contributed by atoms with Gasteiger partial charge in [-0.25, -0.2) is 4.79 Å². The maximum Gasteiger partial charge on any atom is 0.347 e. The second-order valence-corrected chi connectivity index (χ2v) is 7.60. The zero-order chi connectivity index (χ0) is 21.4. The Morgan fingerprint density at radius 3 is 1.69 bits per heavy atom. The van der Waals surface area contributed by atoms with Crippen LogP contribution in [-0.2, 0) is 24.0 Å². The third-order valence-corrected chi connectivity index (χ3v) is 5.10. The Hall–Kier alpha value is -2.08. The van der Waals surface area contributed by atoms with Gasteiger partial charge in [-0.2, -0.15) is 0 Å². The van der Waals surface area contributed by atoms with Crippen molar-refractivity contribution in [1.29, 1.82) is 0 Å². The average Bonchev–Trinajstić information content (AvgIpc) is 2.96. The molecule has 1 N–H and O–H groups in total. The maximum absolute atomic E-state index is 12.3. The van der Waals surface area contributed by atoms with Crippen LogP contribution in [-0.4, -0.2) is 133 Å². The number of hydrogen-bond acceptors (Lipinski definition) is 9. The van der Waals surface area contributed by atoms with Gasteiger partial charge in [-0.1, -0.05) is 0 Å². The van der Waals surface area contributed by atoms with E-state index in [-0.39, 0.29) is 25.9 Å². The largest absolute Gasteiger partial charge is 0.480 e. The zero-order valence-electron chi connectivity index (χ0n) is 17.2. The number of carbonyl (C=O) groups is 4. The summed E-state index contributed by atoms with van der Waals surface area (Å²) in [7, 11) is 4.02. The van der Waals surface area contributed by atoms with E-state index in [1.54, 1.807) is 0 Å². The first-order chi connectivity index (χ1) is 13.7. The lowest BCUT2D eigenvalue weighted by molar-refractivity contribution is -0.198. The summed E-state index contributed by atoms with van der Waals surface area (Å²) in [6.07, 6.45) is 0.110. The fourth-order valence-electron chi connectivity index (χ4n) is 3.17. The Morgan fingerprint density at radius 1 is 0.793 bits per heavy atom. The van der Waals surface area contributed by atoms with Crippen molar-refractivity contribution >= 4 is 23.8 Å². The molecule has 11 nitrogen and oxygen atoms in total. The SMILES string of the molecule is CN1CCN(C)CCN(CC(=O)ON2C(=O)CCC2=O)CCN(CC(=O)O)CC1. The van der Waals surface area contributed by atoms with Crippen LogP contribution in [0.5, 0.6) is 0 Å². The number of aliphatic carboxylic acids is 1. The molecule has 0 radical (unpaired) electrons. The third-order valence-electron chi connectivity index (χ3n) is 5.10. The standard InChI is InChI=1S/C18H31N5O6/c1-19-5-6-20(2)8-10-22(12-11-21(9-7-19)13-17(26)27)14-18(28)29-23-15(24)3-4-16(23)25/h3-14H2,1-2H3,(H,26,27). The van der Waals surface area contributed by atoms with Crippen LogP contribution in [0.1, 0.15) is 12.8 Å². The number of amides is 2. The van der Waals surface area contributed by atoms with Crippen LogP contribution in [0.4, 0.5) is 0 Å². The summed E-state index contributed by atoms with van der Waals surface area (Å²) in [5.74, 6) is -2.58. The highest BCUT2D eigenvalue weighted by Gasteiger charge is 2.33. The minimum atomic E-state index is -0.892. The number of carboxylic acids is 1. The van der Waals surface area contributed by atoms with Crippen molar-refractivity contribution in [3.63, 3.8) is 0 Å². The summed E-state index contributed by atoms with van der Waals surface area (Å²) in [4.78, 5) is 59.7. The van der Waals surface area contributed by atoms with E-state index in [4.69, 9.17) is 9.94 Å². The first-order valence-electron chi connectivity index (χ1n) is 9.84. The lowest BCUT2D eigenvalue weighted by atomic mass is 10.3. The second-order valence-electron chi connectivity index (χ2n) is 7.60. The van der Waals surface area contributed by atoms with Crippen LogP contribution in [0.25, 0.3) is 0 Å². The van der Waals surface area contributed by atoms with Crippen molar-refractivity contribution in [1.82, 2.24) is 24.7 Å². The van der Waals surface area contributed by atoms with Crippen molar-refractivity contribution in [2.24, 2.45) is 0 Å². The van der Waals surface area contributed by atoms with E-state index in [0.717, 1.165) is 26.2 Å². The van der Waals surface area contributed by atoms with E-state index < -0.39 is 23.8 Å². The summed E-state index contributed by atoms with van der Waals surface area (Å²) in [5, 5.41) is 9.71. The Balaban J connectivity index is 1.97. The fourth-order valence-corrected chi connectivity index (χ4v) is 3.17. The molecule has 2 aliphatic heterocycles. The van der Waals surface area contributed by atoms with Crippen LogP contribution in [0, 0.1) is 0 Å². The van der Waals surface area contributed by atoms with E-state index in [0.29, 0.717) is 31.2 Å². The third kappa shape index (κ3) is 8.05. The van der Waals surface area contributed by atoms with Gasteiger partial charge < -0.3 is 19.7 Å². The second kappa shape index (κ2) is 11.2. The normalized spacial score (nSPS) is 22.3. The summed E-state index contributed by atoms with van der Waals surface area (Å²) >= 11 is 0. The average molecular weight is 413 g/mol. The fraction of sp³-hybridized carbons (Fsp3) is 0.778. The lowest BCUT2D eigenvalue weighted by Crippen LogP contribution is -2.47. The topological polar surface area (TPSA) is 114 Å². The zero-order valence-corrected chi connectivity index (χ0v) is 17.2. The van der Waals surface area contributed by atoms with Crippen molar-refractivity contribution in [3.8, 4) is 0 Å². The maximum atomic E-state index is 12.3. The first kappa shape index (κ1) is 23.2. The molecule has 2 saturated heterocycles. The molecular weight excluding hydrogens is 382 g/mol. The van der Waals surface area contributed by atoms with Gasteiger partial charge in [-0.05, 0) is 14.1 Å². The minimum Gasteiger partial charge on any atom is -0.480 e. The number of likely N-dealkylation sites (N-methyl/N-ethyl adjacent to an activating group) is 2. The molecular formula is C18H31N5O6. The van der Waals surface area contributed by atoms with Gasteiger partial charge in [-0.15, -0.1) is 5.06 Å². The molecule has 2 heterocycles. The number of nitrogens with zero attached hydrogens (tertiary/aromatic N) is 5. The van der Waals surface area contributed by atoms with Crippen molar-refractivity contribution in [2.45, 2.75) is 12.8 Å². The Kier molecular flexibility index (Phi) is 8.96. The molecule has 11 heteroatoms. The Morgan fingerprint density at radius 2 is 1.21 bits per heavy atom. The van der Waals surface area contributed by atoms with E-state index in [2.05, 4.69) is 9.80 Å². The van der Waals surface area contributed by atoms with Gasteiger partial charge in [0.05, 0.1) is 13.1 Å². The van der Waals surface area contributed by atoms with Crippen molar-refractivity contribution < 1.29 is 29.1 Å². The molecule has 29 heavy (non-hydrogen) atoms. The molecule has 2 amide bonds. The Labute approximate surface area is 170 Å². The van der Waals surface area contributed by atoms with Gasteiger partial charge in [0.25, 0.3) is 11.8 Å². The highest BCUT2D eigenvalue weighted by molar-refractivity contribution is 6.01. The van der Waals surface area contributed by atoms with Gasteiger partial charge in [0.2, 0.25) is 0 Å². The summed E-state index contributed by atoms with van der Waals surface area (Å²) in [5.41, 5.74) is 0. The van der Waals surface area contributed by atoms with Gasteiger partial charge in [-0.3, -0.25) is 24.2 Å². The number of hydroxylamine groups is 2. The van der Waals surface area contributed by atoms with Crippen LogP contribution in [0.15, 0.2) is 0 Å². The molecule has 0 aromatic heterocycles. The number of hydrogen-bond donors (Lipinski definition) is 1. The molecule has 2 fully saturated rings. The molecule has 2 aliphatic rings. The molecule has 0 aromatic carbocycles. The Bertz CT molecular complexity index is 600. The molecule has 0 bridgehead atoms. The number of rotatable bonds is 5. The summed E-state index contributed by atoms with van der Waals surface area (Å²) < 4.78 is 0. The molecule has 0 aromatic rings. The first-order valence-corrected chi connectivity index (χ1v) is 9.84. The molecule has 0 atom stereocenters. The highest BCUT2D eigenvalue weighted by Crippen LogP contribution is 2.12. The van der Waals surface area contributed by atoms with E-state index in [9.17, 15) is 19.2 Å². The van der Waals surface area contributed by atoms with Gasteiger partial charge in [0, 0.05) is 65.2 Å². The molecule has 0 aliphatic carbocycles. The summed E-state index contributed by atoms with van der Waals surface area (Å²) in [6, 6.07) is 0. The molecule has 0 saturated carbocycles. The van der Waals surface area contributed by atoms with Crippen molar-refractivity contribution in [2.75, 3.05) is 79.5 Å². The van der Waals surface area contributed by atoms with E-state index in [1.165, 1.54) is 0 Å². The van der Waals surface area contributed by atoms with Gasteiger partial charge in [0.15, 0.2) is 0 Å². The quantitative estimate of drug-likeness (QED) is 0.516. The van der Waals surface area contributed by atoms with Crippen LogP contribution in [0.3, 0.4) is 0 Å². The molecule has 0 unspecified atom stereocenters. The smallest absolute Gasteiger partial charge is 0.347 e. The van der Waals surface area contributed by atoms with E-state index in [1.807, 2.05) is 23.9 Å². The predicted molar refractivity (Wildman–Crippen MR) is 103 cm³/mol. The summed E-state index contributed by atoms with van der Waals surface area (Å²) in [6.45, 7) is 5.20. The van der Waals surface area contributed by atoms with Crippen LogP contribution < -0.4 is 0 Å². The molecule has 164 valence electrons. The lowest BCUT2D eigenvalue weighted by Gasteiger charge is -2.31. The van der Waals surface area contributed by atoms with Crippen LogP contribution >= 0.6 is 0 Å². The predicted octanol–water partition coefficient (Wildman–Crippen LogP) is -1.84. The highest BCUT2D eigenvalue weighted by atomic mass is 16.7. The van der Waals surface area contributed by atoms with Gasteiger partial charge >= 0.3 is 11.9 Å². The van der Waals surface area contributed by atoms with Gasteiger partial charge in [0.1, 0.15) is 0 Å². The van der Waals surface area contributed by atoms with Crippen molar-refractivity contribution in [3.05, 3.63) is 0 Å². The van der Waals surface area contributed by atoms with Crippen LogP contribution in [0.2, 0.25) is 0 Å².